The zero-order chi connectivity index (χ0) is 23.2. The van der Waals surface area contributed by atoms with Gasteiger partial charge in [0.05, 0.1) is 18.1 Å². The quantitative estimate of drug-likeness (QED) is 0.665. The van der Waals surface area contributed by atoms with E-state index in [9.17, 15) is 18.0 Å². The Hall–Kier alpha value is -1.97. The van der Waals surface area contributed by atoms with E-state index >= 15 is 0 Å². The summed E-state index contributed by atoms with van der Waals surface area (Å²) in [6.45, 7) is 5.10. The molecule has 1 atom stereocenters. The van der Waals surface area contributed by atoms with E-state index in [4.69, 9.17) is 4.74 Å². The molecule has 0 radical (unpaired) electrons. The number of sulfonamides is 1. The predicted molar refractivity (Wildman–Crippen MR) is 123 cm³/mol. The Kier molecular flexibility index (Phi) is 6.22. The molecule has 1 aliphatic carbocycles. The van der Waals surface area contributed by atoms with Gasteiger partial charge in [-0.2, -0.15) is 4.31 Å². The van der Waals surface area contributed by atoms with E-state index in [1.54, 1.807) is 18.2 Å². The second kappa shape index (κ2) is 9.00. The van der Waals surface area contributed by atoms with Gasteiger partial charge in [-0.1, -0.05) is 6.42 Å². The summed E-state index contributed by atoms with van der Waals surface area (Å²) in [5.74, 6) is 0.290. The zero-order valence-corrected chi connectivity index (χ0v) is 20.1. The molecule has 1 aromatic carbocycles. The van der Waals surface area contributed by atoms with Crippen LogP contribution in [-0.4, -0.2) is 74.9 Å². The van der Waals surface area contributed by atoms with E-state index in [0.717, 1.165) is 30.5 Å². The van der Waals surface area contributed by atoms with Crippen molar-refractivity contribution in [2.75, 3.05) is 44.3 Å². The van der Waals surface area contributed by atoms with Gasteiger partial charge >= 0.3 is 0 Å². The number of rotatable bonds is 4. The first-order valence-electron chi connectivity index (χ1n) is 12.2. The Balaban J connectivity index is 1.27. The van der Waals surface area contributed by atoms with Crippen molar-refractivity contribution in [3.63, 3.8) is 0 Å². The summed E-state index contributed by atoms with van der Waals surface area (Å²) >= 11 is 0. The van der Waals surface area contributed by atoms with Gasteiger partial charge in [0.15, 0.2) is 0 Å². The number of morpholine rings is 1. The van der Waals surface area contributed by atoms with Crippen LogP contribution in [-0.2, 0) is 30.8 Å². The van der Waals surface area contributed by atoms with Crippen molar-refractivity contribution in [1.82, 2.24) is 9.21 Å². The lowest BCUT2D eigenvalue weighted by Crippen LogP contribution is -2.47. The van der Waals surface area contributed by atoms with Gasteiger partial charge in [-0.15, -0.1) is 0 Å². The Morgan fingerprint density at radius 2 is 1.61 bits per heavy atom. The molecule has 1 aromatic rings. The fraction of sp³-hybridized carbons (Fsp3) is 0.667. The molecule has 5 rings (SSSR count). The molecule has 1 saturated carbocycles. The van der Waals surface area contributed by atoms with Crippen molar-refractivity contribution in [2.45, 2.75) is 56.4 Å². The van der Waals surface area contributed by atoms with E-state index < -0.39 is 10.0 Å². The minimum Gasteiger partial charge on any atom is -0.378 e. The highest BCUT2D eigenvalue weighted by atomic mass is 32.2. The topological polar surface area (TPSA) is 87.2 Å². The van der Waals surface area contributed by atoms with E-state index in [1.165, 1.54) is 4.31 Å². The van der Waals surface area contributed by atoms with Crippen molar-refractivity contribution in [1.29, 1.82) is 0 Å². The maximum atomic E-state index is 13.4. The molecule has 180 valence electrons. The summed E-state index contributed by atoms with van der Waals surface area (Å²) < 4.78 is 33.5. The minimum absolute atomic E-state index is 0.0491. The molecule has 0 bridgehead atoms. The van der Waals surface area contributed by atoms with Gasteiger partial charge in [-0.3, -0.25) is 9.59 Å². The van der Waals surface area contributed by atoms with Gasteiger partial charge in [0.1, 0.15) is 0 Å². The summed E-state index contributed by atoms with van der Waals surface area (Å²) in [4.78, 5) is 29.7. The molecule has 4 aliphatic rings. The molecule has 2 amide bonds. The molecule has 33 heavy (non-hydrogen) atoms. The predicted octanol–water partition coefficient (Wildman–Crippen LogP) is 2.02. The summed E-state index contributed by atoms with van der Waals surface area (Å²) in [6, 6.07) is 5.24. The van der Waals surface area contributed by atoms with Gasteiger partial charge in [-0.05, 0) is 62.8 Å². The lowest BCUT2D eigenvalue weighted by atomic mass is 9.84. The average molecular weight is 476 g/mol. The minimum atomic E-state index is -3.64. The second-order valence-electron chi connectivity index (χ2n) is 9.80. The van der Waals surface area contributed by atoms with Crippen molar-refractivity contribution in [2.24, 2.45) is 11.8 Å². The number of ether oxygens (including phenoxy) is 1. The van der Waals surface area contributed by atoms with Crippen LogP contribution in [0.3, 0.4) is 0 Å². The Morgan fingerprint density at radius 1 is 0.939 bits per heavy atom. The Labute approximate surface area is 195 Å². The van der Waals surface area contributed by atoms with E-state index in [0.29, 0.717) is 58.7 Å². The fourth-order valence-electron chi connectivity index (χ4n) is 5.49. The number of amides is 2. The van der Waals surface area contributed by atoms with Crippen molar-refractivity contribution in [3.05, 3.63) is 23.8 Å². The van der Waals surface area contributed by atoms with Crippen LogP contribution in [0.1, 0.15) is 44.6 Å². The normalized spacial score (nSPS) is 25.1. The van der Waals surface area contributed by atoms with Crippen LogP contribution in [0.25, 0.3) is 0 Å². The van der Waals surface area contributed by atoms with Crippen LogP contribution in [0, 0.1) is 11.8 Å². The summed E-state index contributed by atoms with van der Waals surface area (Å²) in [7, 11) is -3.64. The number of benzene rings is 1. The van der Waals surface area contributed by atoms with Crippen molar-refractivity contribution >= 4 is 27.5 Å². The van der Waals surface area contributed by atoms with E-state index in [2.05, 4.69) is 0 Å². The largest absolute Gasteiger partial charge is 0.378 e. The van der Waals surface area contributed by atoms with Crippen LogP contribution in [0.2, 0.25) is 0 Å². The van der Waals surface area contributed by atoms with Gasteiger partial charge in [0.25, 0.3) is 0 Å². The number of anilines is 1. The number of piperidine rings is 1. The van der Waals surface area contributed by atoms with Gasteiger partial charge in [0, 0.05) is 49.7 Å². The summed E-state index contributed by atoms with van der Waals surface area (Å²) in [6.07, 6.45) is 4.77. The Bertz CT molecular complexity index is 1020. The number of carbonyl (C=O) groups is 2. The highest BCUT2D eigenvalue weighted by Crippen LogP contribution is 2.38. The van der Waals surface area contributed by atoms with Gasteiger partial charge in [-0.25, -0.2) is 8.42 Å². The molecule has 3 fully saturated rings. The first-order valence-corrected chi connectivity index (χ1v) is 13.6. The maximum absolute atomic E-state index is 13.4. The third kappa shape index (κ3) is 4.19. The highest BCUT2D eigenvalue weighted by molar-refractivity contribution is 7.89. The smallest absolute Gasteiger partial charge is 0.243 e. The summed E-state index contributed by atoms with van der Waals surface area (Å²) in [5.41, 5.74) is 1.78. The number of carbonyl (C=O) groups excluding carboxylic acids is 2. The maximum Gasteiger partial charge on any atom is 0.243 e. The number of nitrogens with zero attached hydrogens (tertiary/aromatic N) is 3. The average Bonchev–Trinajstić information content (AvgIpc) is 3.13. The van der Waals surface area contributed by atoms with Gasteiger partial charge in [0.2, 0.25) is 21.8 Å². The van der Waals surface area contributed by atoms with E-state index in [-0.39, 0.29) is 34.6 Å². The van der Waals surface area contributed by atoms with Crippen LogP contribution in [0.4, 0.5) is 5.69 Å². The van der Waals surface area contributed by atoms with Crippen LogP contribution < -0.4 is 4.90 Å². The highest BCUT2D eigenvalue weighted by Gasteiger charge is 2.39. The molecule has 3 heterocycles. The number of hydrogen-bond donors (Lipinski definition) is 0. The second-order valence-corrected chi connectivity index (χ2v) is 11.7. The molecule has 0 aromatic heterocycles. The molecular weight excluding hydrogens is 442 g/mol. The lowest BCUT2D eigenvalue weighted by Gasteiger charge is -2.35. The molecular formula is C24H33N3O5S. The number of fused-ring (bicyclic) bond motifs is 1. The third-order valence-corrected chi connectivity index (χ3v) is 9.62. The fourth-order valence-corrected chi connectivity index (χ4v) is 7.01. The standard InChI is InChI=1S/C24H33N3O5S/c1-17-15-20-16-21(5-6-22(20)27(17)24(29)18-3-2-4-18)33(30,31)26-9-7-19(8-10-26)23(28)25-11-13-32-14-12-25/h5-6,16-19H,2-4,7-15H2,1H3. The number of hydrogen-bond acceptors (Lipinski definition) is 5. The van der Waals surface area contributed by atoms with Crippen LogP contribution in [0.15, 0.2) is 23.1 Å². The molecule has 1 unspecified atom stereocenters. The molecule has 2 saturated heterocycles. The molecule has 0 spiro atoms. The molecule has 3 aliphatic heterocycles. The molecule has 8 nitrogen and oxygen atoms in total. The van der Waals surface area contributed by atoms with Crippen LogP contribution in [0.5, 0.6) is 0 Å². The first kappa shape index (κ1) is 22.8. The van der Waals surface area contributed by atoms with Crippen LogP contribution >= 0.6 is 0 Å². The summed E-state index contributed by atoms with van der Waals surface area (Å²) in [5, 5.41) is 0. The van der Waals surface area contributed by atoms with Crippen molar-refractivity contribution in [3.8, 4) is 0 Å². The monoisotopic (exact) mass is 475 g/mol. The lowest BCUT2D eigenvalue weighted by molar-refractivity contribution is -0.140. The SMILES string of the molecule is CC1Cc2cc(S(=O)(=O)N3CCC(C(=O)N4CCOCC4)CC3)ccc2N1C(=O)C1CCC1. The molecule has 0 N–H and O–H groups in total. The Morgan fingerprint density at radius 3 is 2.24 bits per heavy atom. The van der Waals surface area contributed by atoms with Gasteiger partial charge < -0.3 is 14.5 Å². The molecule has 9 heteroatoms. The third-order valence-electron chi connectivity index (χ3n) is 7.72. The first-order chi connectivity index (χ1) is 15.9. The van der Waals surface area contributed by atoms with Crippen molar-refractivity contribution < 1.29 is 22.7 Å². The zero-order valence-electron chi connectivity index (χ0n) is 19.2. The van der Waals surface area contributed by atoms with E-state index in [1.807, 2.05) is 16.7 Å².